The Kier molecular flexibility index (Phi) is 8.94. The molecule has 1 aliphatic heterocycles. The number of fused-ring (bicyclic) bond motifs is 1. The molecular weight excluding hydrogens is 498 g/mol. The molecule has 40 heavy (non-hydrogen) atoms. The number of ether oxygens (including phenoxy) is 2. The van der Waals surface area contributed by atoms with Crippen molar-refractivity contribution in [1.29, 1.82) is 0 Å². The molecule has 5 rings (SSSR count). The Morgan fingerprint density at radius 3 is 2.17 bits per heavy atom. The van der Waals surface area contributed by atoms with Gasteiger partial charge in [0.25, 0.3) is 0 Å². The van der Waals surface area contributed by atoms with Crippen LogP contribution < -0.4 is 4.74 Å². The molecule has 1 aliphatic carbocycles. The lowest BCUT2D eigenvalue weighted by atomic mass is 9.90. The molecule has 0 radical (unpaired) electrons. The number of carbonyl (C=O) groups excluding carboxylic acids is 1. The molecule has 5 nitrogen and oxygen atoms in total. The lowest BCUT2D eigenvalue weighted by molar-refractivity contribution is -0.139. The van der Waals surface area contributed by atoms with Crippen molar-refractivity contribution in [1.82, 2.24) is 4.90 Å². The molecule has 0 unspecified atom stereocenters. The minimum Gasteiger partial charge on any atom is -0.497 e. The van der Waals surface area contributed by atoms with Gasteiger partial charge in [0, 0.05) is 31.1 Å². The van der Waals surface area contributed by atoms with Gasteiger partial charge in [0.1, 0.15) is 5.75 Å². The molecule has 0 bridgehead atoms. The van der Waals surface area contributed by atoms with Gasteiger partial charge >= 0.3 is 5.97 Å². The summed E-state index contributed by atoms with van der Waals surface area (Å²) < 4.78 is 15.8. The van der Waals surface area contributed by atoms with Crippen LogP contribution in [-0.2, 0) is 28.9 Å². The first-order valence-electron chi connectivity index (χ1n) is 13.6. The summed E-state index contributed by atoms with van der Waals surface area (Å²) in [6.45, 7) is 2.47. The first-order chi connectivity index (χ1) is 19.6. The van der Waals surface area contributed by atoms with Crippen LogP contribution in [0.25, 0.3) is 11.1 Å². The highest BCUT2D eigenvalue weighted by molar-refractivity contribution is 5.81. The maximum Gasteiger partial charge on any atom is 0.310 e. The molecule has 0 fully saturated rings. The summed E-state index contributed by atoms with van der Waals surface area (Å²) in [5.41, 5.74) is 8.02. The van der Waals surface area contributed by atoms with Crippen molar-refractivity contribution in [2.75, 3.05) is 27.3 Å². The highest BCUT2D eigenvalue weighted by atomic mass is 16.5. The van der Waals surface area contributed by atoms with Crippen LogP contribution in [0, 0.1) is 0 Å². The van der Waals surface area contributed by atoms with Crippen molar-refractivity contribution in [3.8, 4) is 16.9 Å². The maximum absolute atomic E-state index is 12.3. The van der Waals surface area contributed by atoms with E-state index >= 15 is 0 Å². The van der Waals surface area contributed by atoms with Crippen molar-refractivity contribution in [2.24, 2.45) is 0 Å². The van der Waals surface area contributed by atoms with Gasteiger partial charge in [-0.15, -0.1) is 0 Å². The Morgan fingerprint density at radius 1 is 0.875 bits per heavy atom. The van der Waals surface area contributed by atoms with Crippen LogP contribution in [0.4, 0.5) is 0 Å². The summed E-state index contributed by atoms with van der Waals surface area (Å²) >= 11 is 0. The lowest BCUT2D eigenvalue weighted by Gasteiger charge is -2.29. The maximum atomic E-state index is 12.3. The van der Waals surface area contributed by atoms with Gasteiger partial charge in [-0.05, 0) is 64.1 Å². The van der Waals surface area contributed by atoms with E-state index in [1.54, 1.807) is 19.6 Å². The molecule has 0 atom stereocenters. The number of hydrogen-bond acceptors (Lipinski definition) is 5. The molecule has 0 amide bonds. The number of nitrogens with zero attached hydrogens (tertiary/aromatic N) is 1. The highest BCUT2D eigenvalue weighted by Crippen LogP contribution is 2.33. The average molecular weight is 534 g/mol. The summed E-state index contributed by atoms with van der Waals surface area (Å²) in [4.78, 5) is 14.8. The van der Waals surface area contributed by atoms with Gasteiger partial charge in [0.2, 0.25) is 0 Å². The van der Waals surface area contributed by atoms with E-state index in [9.17, 15) is 4.79 Å². The second-order valence-electron chi connectivity index (χ2n) is 10.0. The number of esters is 1. The van der Waals surface area contributed by atoms with Crippen molar-refractivity contribution in [3.63, 3.8) is 0 Å². The van der Waals surface area contributed by atoms with Crippen LogP contribution in [0.2, 0.25) is 0 Å². The van der Waals surface area contributed by atoms with E-state index in [2.05, 4.69) is 83.8 Å². The first kappa shape index (κ1) is 27.2. The van der Waals surface area contributed by atoms with E-state index in [0.29, 0.717) is 0 Å². The van der Waals surface area contributed by atoms with E-state index in [4.69, 9.17) is 13.9 Å². The molecule has 0 aromatic heterocycles. The lowest BCUT2D eigenvalue weighted by Crippen LogP contribution is -2.31. The van der Waals surface area contributed by atoms with Crippen LogP contribution >= 0.6 is 0 Å². The van der Waals surface area contributed by atoms with Crippen molar-refractivity contribution >= 4 is 5.97 Å². The summed E-state index contributed by atoms with van der Waals surface area (Å²) in [5, 5.41) is 0. The molecule has 0 N–H and O–H groups in total. The van der Waals surface area contributed by atoms with E-state index < -0.39 is 0 Å². The Labute approximate surface area is 236 Å². The highest BCUT2D eigenvalue weighted by Gasteiger charge is 2.22. The fourth-order valence-corrected chi connectivity index (χ4v) is 5.40. The van der Waals surface area contributed by atoms with Gasteiger partial charge < -0.3 is 13.9 Å². The fourth-order valence-electron chi connectivity index (χ4n) is 5.40. The molecule has 2 aliphatic rings. The quantitative estimate of drug-likeness (QED) is 0.162. The van der Waals surface area contributed by atoms with Crippen LogP contribution in [-0.4, -0.2) is 38.2 Å². The van der Waals surface area contributed by atoms with E-state index in [1.165, 1.54) is 23.8 Å². The summed E-state index contributed by atoms with van der Waals surface area (Å²) in [7, 11) is 3.13. The Hall–Kier alpha value is -4.35. The summed E-state index contributed by atoms with van der Waals surface area (Å²) in [6, 6.07) is 33.8. The van der Waals surface area contributed by atoms with E-state index in [-0.39, 0.29) is 18.3 Å². The minimum atomic E-state index is -0.238. The molecular formula is C35H35NO4. The third-order valence-electron chi connectivity index (χ3n) is 7.52. The fraction of sp³-hybridized carbons (Fsp3) is 0.229. The van der Waals surface area contributed by atoms with Gasteiger partial charge in [0.05, 0.1) is 33.2 Å². The zero-order valence-corrected chi connectivity index (χ0v) is 23.1. The minimum absolute atomic E-state index is 0.215. The molecule has 3 aromatic rings. The largest absolute Gasteiger partial charge is 0.497 e. The zero-order chi connectivity index (χ0) is 27.7. The Balaban J connectivity index is 1.45. The Morgan fingerprint density at radius 2 is 1.55 bits per heavy atom. The van der Waals surface area contributed by atoms with E-state index in [0.717, 1.165) is 54.1 Å². The van der Waals surface area contributed by atoms with Gasteiger partial charge in [-0.2, -0.15) is 0 Å². The van der Waals surface area contributed by atoms with Crippen LogP contribution in [0.1, 0.15) is 33.7 Å². The number of rotatable bonds is 12. The topological polar surface area (TPSA) is 51.9 Å². The van der Waals surface area contributed by atoms with Crippen LogP contribution in [0.5, 0.6) is 5.75 Å². The van der Waals surface area contributed by atoms with Gasteiger partial charge in [-0.3, -0.25) is 9.69 Å². The zero-order valence-electron chi connectivity index (χ0n) is 23.1. The summed E-state index contributed by atoms with van der Waals surface area (Å²) in [5.74, 6) is 0.827. The standard InChI is InChI=1S/C35H35NO4/c1-38-31-15-13-26(14-16-31)23-36(24-34(27-9-5-3-6-10-27)28-11-7-4-8-12-28)19-17-29-21-30-25-40-20-18-32(30)33(29)22-35(37)39-2/h3-16,18,20-21,25,34H,17,19,22-24H2,1-2H3. The number of methoxy groups -OCH3 is 2. The smallest absolute Gasteiger partial charge is 0.310 e. The SMILES string of the molecule is COC(=O)Cc1c(CCN(Cc2ccc(OC)cc2)CC(c2ccccc2)c2ccccc2)cc2coccc1-2. The Bertz CT molecular complexity index is 1420. The molecule has 0 spiro atoms. The predicted octanol–water partition coefficient (Wildman–Crippen LogP) is 6.99. The molecule has 1 heterocycles. The third-order valence-corrected chi connectivity index (χ3v) is 7.52. The van der Waals surface area contributed by atoms with Crippen LogP contribution in [0.15, 0.2) is 114 Å². The molecule has 5 heteroatoms. The van der Waals surface area contributed by atoms with Gasteiger partial charge in [-0.25, -0.2) is 0 Å². The third kappa shape index (κ3) is 6.61. The molecule has 0 saturated carbocycles. The predicted molar refractivity (Wildman–Crippen MR) is 158 cm³/mol. The van der Waals surface area contributed by atoms with Gasteiger partial charge in [-0.1, -0.05) is 72.8 Å². The number of carbonyl (C=O) groups is 1. The monoisotopic (exact) mass is 533 g/mol. The van der Waals surface area contributed by atoms with Crippen molar-refractivity contribution in [3.05, 3.63) is 137 Å². The number of benzene rings is 3. The summed E-state index contributed by atoms with van der Waals surface area (Å²) in [6.07, 6.45) is 4.45. The van der Waals surface area contributed by atoms with Crippen LogP contribution in [0.3, 0.4) is 0 Å². The van der Waals surface area contributed by atoms with Crippen molar-refractivity contribution in [2.45, 2.75) is 25.3 Å². The molecule has 0 saturated heterocycles. The molecule has 204 valence electrons. The normalized spacial score (nSPS) is 11.3. The molecule has 3 aromatic carbocycles. The first-order valence-corrected chi connectivity index (χ1v) is 13.6. The van der Waals surface area contributed by atoms with Gasteiger partial charge in [0.15, 0.2) is 0 Å². The van der Waals surface area contributed by atoms with E-state index in [1.807, 2.05) is 18.2 Å². The average Bonchev–Trinajstić information content (AvgIpc) is 3.36. The number of hydrogen-bond donors (Lipinski definition) is 0. The second kappa shape index (κ2) is 13.1. The second-order valence-corrected chi connectivity index (χ2v) is 10.0. The van der Waals surface area contributed by atoms with Crippen molar-refractivity contribution < 1.29 is 18.7 Å².